The minimum absolute atomic E-state index is 0.0266. The van der Waals surface area contributed by atoms with Crippen LogP contribution >= 0.6 is 11.6 Å². The summed E-state index contributed by atoms with van der Waals surface area (Å²) in [6.07, 6.45) is 4.12. The number of hydrogen-bond donors (Lipinski definition) is 2. The summed E-state index contributed by atoms with van der Waals surface area (Å²) in [5.74, 6) is -3.18. The number of piperidine rings is 1. The Bertz CT molecular complexity index is 1830. The number of nitrogens with zero attached hydrogens (tertiary/aromatic N) is 2. The van der Waals surface area contributed by atoms with E-state index in [2.05, 4.69) is 15.2 Å². The third-order valence-corrected chi connectivity index (χ3v) is 10.8. The molecule has 1 saturated heterocycles. The maximum absolute atomic E-state index is 14.2. The van der Waals surface area contributed by atoms with Gasteiger partial charge in [0, 0.05) is 77.9 Å². The van der Waals surface area contributed by atoms with Crippen molar-refractivity contribution in [2.45, 2.75) is 56.1 Å². The van der Waals surface area contributed by atoms with Gasteiger partial charge in [-0.25, -0.2) is 8.42 Å². The monoisotopic (exact) mass is 652 g/mol. The molecule has 3 aromatic carbocycles. The molecule has 1 fully saturated rings. The molecule has 236 valence electrons. The molecule has 0 atom stereocenters. The topological polar surface area (TPSA) is 85.5 Å². The van der Waals surface area contributed by atoms with E-state index >= 15 is 0 Å². The number of carbonyl (C=O) groups excluding carboxylic acids is 1. The Morgan fingerprint density at radius 3 is 2.44 bits per heavy atom. The molecule has 2 N–H and O–H groups in total. The van der Waals surface area contributed by atoms with Gasteiger partial charge in [-0.2, -0.15) is 13.1 Å². The number of benzene rings is 3. The zero-order chi connectivity index (χ0) is 31.8. The van der Waals surface area contributed by atoms with Crippen molar-refractivity contribution in [1.82, 2.24) is 19.5 Å². The number of carbonyl (C=O) groups is 1. The average Bonchev–Trinajstić information content (AvgIpc) is 3.39. The lowest BCUT2D eigenvalue weighted by Crippen LogP contribution is -2.46. The zero-order valence-electron chi connectivity index (χ0n) is 24.9. The zero-order valence-corrected chi connectivity index (χ0v) is 26.5. The minimum Gasteiger partial charge on any atom is -0.358 e. The summed E-state index contributed by atoms with van der Waals surface area (Å²) >= 11 is 5.91. The van der Waals surface area contributed by atoms with Gasteiger partial charge >= 0.3 is 0 Å². The molecule has 0 aliphatic carbocycles. The van der Waals surface area contributed by atoms with Gasteiger partial charge in [-0.1, -0.05) is 41.9 Å². The van der Waals surface area contributed by atoms with Gasteiger partial charge in [0.25, 0.3) is 11.8 Å². The van der Waals surface area contributed by atoms with Crippen LogP contribution in [-0.2, 0) is 35.5 Å². The van der Waals surface area contributed by atoms with Crippen LogP contribution in [0.5, 0.6) is 0 Å². The van der Waals surface area contributed by atoms with Crippen molar-refractivity contribution in [3.05, 3.63) is 112 Å². The second-order valence-electron chi connectivity index (χ2n) is 11.7. The molecule has 0 radical (unpaired) electrons. The maximum atomic E-state index is 14.2. The van der Waals surface area contributed by atoms with E-state index < -0.39 is 15.9 Å². The van der Waals surface area contributed by atoms with Crippen molar-refractivity contribution >= 4 is 38.4 Å². The van der Waals surface area contributed by atoms with E-state index in [1.165, 1.54) is 34.6 Å². The molecular formula is C34H35ClF2N4O3S. The first-order chi connectivity index (χ1) is 21.5. The van der Waals surface area contributed by atoms with E-state index in [1.807, 2.05) is 18.2 Å². The van der Waals surface area contributed by atoms with Crippen molar-refractivity contribution in [2.75, 3.05) is 19.6 Å². The number of aromatic nitrogens is 1. The highest BCUT2D eigenvalue weighted by molar-refractivity contribution is 7.89. The predicted molar refractivity (Wildman–Crippen MR) is 172 cm³/mol. The van der Waals surface area contributed by atoms with E-state index in [0.717, 1.165) is 46.8 Å². The molecule has 3 heterocycles. The van der Waals surface area contributed by atoms with Crippen LogP contribution in [0.4, 0.5) is 8.78 Å². The Morgan fingerprint density at radius 2 is 1.76 bits per heavy atom. The third-order valence-electron chi connectivity index (χ3n) is 8.68. The van der Waals surface area contributed by atoms with Crippen molar-refractivity contribution < 1.29 is 22.0 Å². The molecule has 0 saturated carbocycles. The number of aromatic amines is 1. The molecule has 1 aromatic heterocycles. The Morgan fingerprint density at radius 1 is 1.04 bits per heavy atom. The first-order valence-corrected chi connectivity index (χ1v) is 16.9. The molecule has 1 amide bonds. The fourth-order valence-corrected chi connectivity index (χ4v) is 7.80. The molecule has 6 rings (SSSR count). The molecule has 45 heavy (non-hydrogen) atoms. The van der Waals surface area contributed by atoms with E-state index in [4.69, 9.17) is 11.6 Å². The highest BCUT2D eigenvalue weighted by Gasteiger charge is 2.31. The largest absolute Gasteiger partial charge is 0.358 e. The van der Waals surface area contributed by atoms with Gasteiger partial charge in [0.2, 0.25) is 10.0 Å². The van der Waals surface area contributed by atoms with Crippen molar-refractivity contribution in [3.8, 4) is 0 Å². The third kappa shape index (κ3) is 6.70. The molecule has 0 bridgehead atoms. The number of amides is 1. The molecule has 0 spiro atoms. The van der Waals surface area contributed by atoms with Crippen LogP contribution < -0.4 is 5.32 Å². The molecule has 4 aromatic rings. The Kier molecular flexibility index (Phi) is 8.85. The summed E-state index contributed by atoms with van der Waals surface area (Å²) in [6.45, 7) is 4.35. The van der Waals surface area contributed by atoms with Gasteiger partial charge in [-0.3, -0.25) is 9.69 Å². The van der Waals surface area contributed by atoms with Gasteiger partial charge in [-0.15, -0.1) is 0 Å². The summed E-state index contributed by atoms with van der Waals surface area (Å²) in [6, 6.07) is 18.2. The number of H-pyrrole nitrogens is 1. The number of halogens is 3. The van der Waals surface area contributed by atoms with Crippen LogP contribution in [0.3, 0.4) is 0 Å². The average molecular weight is 653 g/mol. The highest BCUT2D eigenvalue weighted by atomic mass is 35.5. The van der Waals surface area contributed by atoms with Gasteiger partial charge in [0.1, 0.15) is 0 Å². The van der Waals surface area contributed by atoms with Crippen molar-refractivity contribution in [3.63, 3.8) is 0 Å². The highest BCUT2D eigenvalue weighted by Crippen LogP contribution is 2.32. The number of fused-ring (bicyclic) bond motifs is 3. The Balaban J connectivity index is 1.09. The van der Waals surface area contributed by atoms with E-state index in [9.17, 15) is 22.0 Å². The minimum atomic E-state index is -3.62. The molecule has 0 unspecified atom stereocenters. The van der Waals surface area contributed by atoms with Gasteiger partial charge in [-0.05, 0) is 79.4 Å². The summed E-state index contributed by atoms with van der Waals surface area (Å²) in [5.41, 5.74) is 4.74. The lowest BCUT2D eigenvalue weighted by molar-refractivity contribution is 0.0519. The predicted octanol–water partition coefficient (Wildman–Crippen LogP) is 6.63. The van der Waals surface area contributed by atoms with Crippen LogP contribution in [0.2, 0.25) is 5.02 Å². The lowest BCUT2D eigenvalue weighted by atomic mass is 10.0. The molecular weight excluding hydrogens is 618 g/mol. The Hall–Kier alpha value is -3.57. The van der Waals surface area contributed by atoms with E-state index in [1.54, 1.807) is 31.2 Å². The van der Waals surface area contributed by atoms with E-state index in [0.29, 0.717) is 49.6 Å². The van der Waals surface area contributed by atoms with Gasteiger partial charge in [0.05, 0.1) is 4.90 Å². The summed E-state index contributed by atoms with van der Waals surface area (Å²) in [5, 5.41) is 4.57. The second-order valence-corrected chi connectivity index (χ2v) is 14.1. The quantitative estimate of drug-likeness (QED) is 0.209. The summed E-state index contributed by atoms with van der Waals surface area (Å²) < 4.78 is 55.9. The molecule has 11 heteroatoms. The fourth-order valence-electron chi connectivity index (χ4n) is 6.21. The number of rotatable bonds is 8. The molecule has 2 aliphatic rings. The standard InChI is InChI=1S/C34H35ClF2N4O3S/c1-2-16-34(36,37)25-6-3-23(4-7-25)21-40-17-15-32-30(22-40)29-20-24(5-12-31(29)39-32)33(42)38-27-13-18-41(19-14-27)45(43,44)28-10-8-26(35)9-11-28/h2-12,16,20,27,39H,13-15,17-19,21-22H2,1H3,(H,38,42)/b16-2+. The van der Waals surface area contributed by atoms with Crippen LogP contribution in [-0.4, -0.2) is 54.2 Å². The Labute approximate surface area is 266 Å². The molecule has 7 nitrogen and oxygen atoms in total. The smallest absolute Gasteiger partial charge is 0.291 e. The van der Waals surface area contributed by atoms with Gasteiger partial charge < -0.3 is 10.3 Å². The van der Waals surface area contributed by atoms with Crippen LogP contribution in [0, 0.1) is 0 Å². The number of sulfonamides is 1. The summed E-state index contributed by atoms with van der Waals surface area (Å²) in [7, 11) is -3.62. The first kappa shape index (κ1) is 31.4. The number of allylic oxidation sites excluding steroid dienone is 2. The second kappa shape index (κ2) is 12.7. The summed E-state index contributed by atoms with van der Waals surface area (Å²) in [4.78, 5) is 19.3. The maximum Gasteiger partial charge on any atom is 0.291 e. The number of alkyl halides is 2. The van der Waals surface area contributed by atoms with Crippen LogP contribution in [0.1, 0.15) is 52.5 Å². The number of nitrogens with one attached hydrogen (secondary N) is 2. The fraction of sp³-hybridized carbons (Fsp3) is 0.324. The normalized spacial score (nSPS) is 17.2. The van der Waals surface area contributed by atoms with Gasteiger partial charge in [0.15, 0.2) is 0 Å². The van der Waals surface area contributed by atoms with E-state index in [-0.39, 0.29) is 22.4 Å². The number of hydrogen-bond acceptors (Lipinski definition) is 4. The van der Waals surface area contributed by atoms with Crippen molar-refractivity contribution in [1.29, 1.82) is 0 Å². The van der Waals surface area contributed by atoms with Crippen molar-refractivity contribution in [2.24, 2.45) is 0 Å². The first-order valence-electron chi connectivity index (χ1n) is 15.1. The SMILES string of the molecule is C/C=C/C(F)(F)c1ccc(CN2CCc3[nH]c4ccc(C(=O)NC5CCN(S(=O)(=O)c6ccc(Cl)cc6)CC5)cc4c3C2)cc1. The lowest BCUT2D eigenvalue weighted by Gasteiger charge is -2.31. The van der Waals surface area contributed by atoms with Crippen LogP contribution in [0.25, 0.3) is 10.9 Å². The van der Waals surface area contributed by atoms with Crippen LogP contribution in [0.15, 0.2) is 83.8 Å². The molecule has 2 aliphatic heterocycles.